The van der Waals surface area contributed by atoms with E-state index in [1.54, 1.807) is 0 Å². The highest BCUT2D eigenvalue weighted by Crippen LogP contribution is 2.52. The quantitative estimate of drug-likeness (QED) is 0.588. The van der Waals surface area contributed by atoms with Crippen LogP contribution in [0.1, 0.15) is 38.5 Å². The lowest BCUT2D eigenvalue weighted by molar-refractivity contribution is -0.164. The lowest BCUT2D eigenvalue weighted by atomic mass is 10.1. The highest BCUT2D eigenvalue weighted by molar-refractivity contribution is 5.78. The van der Waals surface area contributed by atoms with Crippen LogP contribution in [-0.2, 0) is 14.4 Å². The molecule has 3 aliphatic rings. The largest absolute Gasteiger partial charge is 0.533 e. The minimum atomic E-state index is -0.738. The van der Waals surface area contributed by atoms with Crippen LogP contribution in [0.15, 0.2) is 12.2 Å². The van der Waals surface area contributed by atoms with Gasteiger partial charge < -0.3 is 9.57 Å². The summed E-state index contributed by atoms with van der Waals surface area (Å²) in [5.41, 5.74) is 0. The highest BCUT2D eigenvalue weighted by Gasteiger charge is 2.49. The number of allylic oxidation sites excluding steroid dienone is 2. The Bertz CT molecular complexity index is 404. The van der Waals surface area contributed by atoms with Gasteiger partial charge >= 0.3 is 6.16 Å². The third-order valence-corrected chi connectivity index (χ3v) is 4.62. The van der Waals surface area contributed by atoms with E-state index in [1.165, 1.54) is 12.8 Å². The van der Waals surface area contributed by atoms with E-state index in [0.717, 1.165) is 24.3 Å². The molecule has 3 atom stereocenters. The van der Waals surface area contributed by atoms with Gasteiger partial charge in [-0.2, -0.15) is 5.06 Å². The molecule has 2 fully saturated rings. The van der Waals surface area contributed by atoms with Crippen molar-refractivity contribution in [3.8, 4) is 0 Å². The fraction of sp³-hybridized carbons (Fsp3) is 0.733. The molecule has 1 unspecified atom stereocenters. The third-order valence-electron chi connectivity index (χ3n) is 4.62. The van der Waals surface area contributed by atoms with Gasteiger partial charge in [-0.15, -0.1) is 0 Å². The van der Waals surface area contributed by atoms with Crippen LogP contribution < -0.4 is 0 Å². The van der Waals surface area contributed by atoms with Crippen LogP contribution in [-0.4, -0.2) is 30.3 Å². The molecule has 0 aromatic heterocycles. The Labute approximate surface area is 118 Å². The Kier molecular flexibility index (Phi) is 3.94. The molecule has 5 nitrogen and oxygen atoms in total. The Morgan fingerprint density at radius 1 is 1.25 bits per heavy atom. The summed E-state index contributed by atoms with van der Waals surface area (Å²) in [5.74, 6) is 1.74. The lowest BCUT2D eigenvalue weighted by Crippen LogP contribution is -2.29. The van der Waals surface area contributed by atoms with Crippen molar-refractivity contribution in [1.82, 2.24) is 5.06 Å². The number of hydrogen-bond acceptors (Lipinski definition) is 4. The molecule has 0 aromatic rings. The third kappa shape index (κ3) is 2.97. The van der Waals surface area contributed by atoms with Crippen LogP contribution in [0, 0.1) is 17.8 Å². The fourth-order valence-electron chi connectivity index (χ4n) is 3.44. The van der Waals surface area contributed by atoms with E-state index in [4.69, 9.17) is 9.57 Å². The average Bonchev–Trinajstić information content (AvgIpc) is 2.87. The molecular weight excluding hydrogens is 258 g/mol. The molecule has 3 rings (SSSR count). The molecule has 110 valence electrons. The van der Waals surface area contributed by atoms with Crippen molar-refractivity contribution in [2.45, 2.75) is 38.5 Å². The summed E-state index contributed by atoms with van der Waals surface area (Å²) in [7, 11) is 0. The van der Waals surface area contributed by atoms with Gasteiger partial charge in [-0.25, -0.2) is 4.79 Å². The summed E-state index contributed by atoms with van der Waals surface area (Å²) in [6.07, 6.45) is 9.59. The molecule has 0 N–H and O–H groups in total. The summed E-state index contributed by atoms with van der Waals surface area (Å²) in [6, 6.07) is 0. The van der Waals surface area contributed by atoms with E-state index >= 15 is 0 Å². The fourth-order valence-corrected chi connectivity index (χ4v) is 3.44. The van der Waals surface area contributed by atoms with Crippen molar-refractivity contribution < 1.29 is 19.2 Å². The standard InChI is InChI=1S/C15H21NO4/c17-14-8-5-9-16(14)20-15(18)19-10-13-11-6-3-1-2-4-7-12(11)13/h1-2,11-13H,3-10H2/b2-1-/t11-,12+,13?. The van der Waals surface area contributed by atoms with Crippen molar-refractivity contribution in [1.29, 1.82) is 0 Å². The van der Waals surface area contributed by atoms with E-state index in [9.17, 15) is 9.59 Å². The number of carbonyl (C=O) groups excluding carboxylic acids is 2. The van der Waals surface area contributed by atoms with Crippen LogP contribution >= 0.6 is 0 Å². The Hall–Kier alpha value is -1.52. The smallest absolute Gasteiger partial charge is 0.432 e. The van der Waals surface area contributed by atoms with E-state index in [1.807, 2.05) is 0 Å². The van der Waals surface area contributed by atoms with Crippen molar-refractivity contribution in [2.24, 2.45) is 17.8 Å². The van der Waals surface area contributed by atoms with Crippen LogP contribution in [0.25, 0.3) is 0 Å². The van der Waals surface area contributed by atoms with Gasteiger partial charge in [0.25, 0.3) is 5.91 Å². The van der Waals surface area contributed by atoms with Gasteiger partial charge in [0.2, 0.25) is 0 Å². The first kappa shape index (κ1) is 13.5. The minimum absolute atomic E-state index is 0.138. The van der Waals surface area contributed by atoms with Crippen LogP contribution in [0.2, 0.25) is 0 Å². The van der Waals surface area contributed by atoms with Crippen LogP contribution in [0.4, 0.5) is 4.79 Å². The van der Waals surface area contributed by atoms with Crippen LogP contribution in [0.3, 0.4) is 0 Å². The lowest BCUT2D eigenvalue weighted by Gasteiger charge is -2.13. The first-order valence-corrected chi connectivity index (χ1v) is 7.56. The monoisotopic (exact) mass is 279 g/mol. The van der Waals surface area contributed by atoms with Crippen LogP contribution in [0.5, 0.6) is 0 Å². The zero-order valence-electron chi connectivity index (χ0n) is 11.6. The molecule has 5 heteroatoms. The highest BCUT2D eigenvalue weighted by atomic mass is 16.8. The van der Waals surface area contributed by atoms with Gasteiger partial charge in [0.15, 0.2) is 0 Å². The zero-order valence-corrected chi connectivity index (χ0v) is 11.6. The number of ether oxygens (including phenoxy) is 1. The maximum atomic E-state index is 11.6. The topological polar surface area (TPSA) is 55.8 Å². The van der Waals surface area contributed by atoms with Gasteiger partial charge in [0, 0.05) is 6.42 Å². The van der Waals surface area contributed by atoms with Gasteiger partial charge in [-0.1, -0.05) is 12.2 Å². The predicted molar refractivity (Wildman–Crippen MR) is 71.5 cm³/mol. The van der Waals surface area contributed by atoms with Gasteiger partial charge in [0.05, 0.1) is 13.2 Å². The molecule has 1 saturated carbocycles. The maximum Gasteiger partial charge on any atom is 0.533 e. The summed E-state index contributed by atoms with van der Waals surface area (Å²) < 4.78 is 5.17. The molecule has 0 aromatic carbocycles. The molecule has 1 heterocycles. The number of nitrogens with zero attached hydrogens (tertiary/aromatic N) is 1. The van der Waals surface area contributed by atoms with Gasteiger partial charge in [-0.3, -0.25) is 4.79 Å². The van der Waals surface area contributed by atoms with Crippen molar-refractivity contribution in [3.05, 3.63) is 12.2 Å². The summed E-state index contributed by atoms with van der Waals surface area (Å²) in [5, 5.41) is 1.11. The van der Waals surface area contributed by atoms with Crippen molar-refractivity contribution >= 4 is 12.1 Å². The second-order valence-electron chi connectivity index (χ2n) is 5.87. The molecule has 1 amide bonds. The SMILES string of the molecule is O=C(OCC1[C@H]2CC/C=C\CC[C@@H]12)ON1CCCC1=O. The van der Waals surface area contributed by atoms with Gasteiger partial charge in [0.1, 0.15) is 0 Å². The number of amides is 1. The number of carbonyl (C=O) groups is 2. The Morgan fingerprint density at radius 3 is 2.55 bits per heavy atom. The number of fused-ring (bicyclic) bond motifs is 1. The van der Waals surface area contributed by atoms with Gasteiger partial charge in [-0.05, 0) is 49.9 Å². The molecule has 0 radical (unpaired) electrons. The molecule has 0 spiro atoms. The maximum absolute atomic E-state index is 11.6. The molecule has 1 aliphatic heterocycles. The number of hydrogen-bond donors (Lipinski definition) is 0. The molecule has 1 saturated heterocycles. The van der Waals surface area contributed by atoms with E-state index in [2.05, 4.69) is 12.2 Å². The number of hydroxylamine groups is 2. The zero-order chi connectivity index (χ0) is 13.9. The average molecular weight is 279 g/mol. The first-order valence-electron chi connectivity index (χ1n) is 7.56. The van der Waals surface area contributed by atoms with Crippen molar-refractivity contribution in [2.75, 3.05) is 13.2 Å². The molecule has 0 bridgehead atoms. The molecule has 20 heavy (non-hydrogen) atoms. The molecule has 2 aliphatic carbocycles. The van der Waals surface area contributed by atoms with E-state index < -0.39 is 6.16 Å². The van der Waals surface area contributed by atoms with E-state index in [0.29, 0.717) is 37.3 Å². The summed E-state index contributed by atoms with van der Waals surface area (Å²) in [4.78, 5) is 27.8. The second kappa shape index (κ2) is 5.85. The number of rotatable bonds is 3. The Morgan fingerprint density at radius 2 is 1.95 bits per heavy atom. The predicted octanol–water partition coefficient (Wildman–Crippen LogP) is 2.67. The van der Waals surface area contributed by atoms with Crippen molar-refractivity contribution in [3.63, 3.8) is 0 Å². The molecular formula is C15H21NO4. The first-order chi connectivity index (χ1) is 9.75. The normalized spacial score (nSPS) is 33.9. The Balaban J connectivity index is 1.39. The summed E-state index contributed by atoms with van der Waals surface area (Å²) in [6.45, 7) is 0.907. The summed E-state index contributed by atoms with van der Waals surface area (Å²) >= 11 is 0. The van der Waals surface area contributed by atoms with E-state index in [-0.39, 0.29) is 5.91 Å². The second-order valence-corrected chi connectivity index (χ2v) is 5.87. The minimum Gasteiger partial charge on any atom is -0.432 e.